The minimum atomic E-state index is -0.282. The Morgan fingerprint density at radius 3 is 2.49 bits per heavy atom. The number of hydrogen-bond acceptors (Lipinski definition) is 5. The van der Waals surface area contributed by atoms with Crippen molar-refractivity contribution in [2.75, 3.05) is 11.1 Å². The van der Waals surface area contributed by atoms with E-state index in [2.05, 4.69) is 30.3 Å². The van der Waals surface area contributed by atoms with Crippen molar-refractivity contribution in [3.05, 3.63) is 76.1 Å². The fraction of sp³-hybridized carbons (Fsp3) is 0.333. The molecule has 0 saturated carbocycles. The predicted molar refractivity (Wildman–Crippen MR) is 140 cm³/mol. The summed E-state index contributed by atoms with van der Waals surface area (Å²) in [5.74, 6) is 0.922. The molecule has 0 bridgehead atoms. The number of para-hydroxylation sites is 1. The number of aromatic nitrogens is 4. The molecule has 0 atom stereocenters. The number of anilines is 1. The highest BCUT2D eigenvalue weighted by Gasteiger charge is 2.40. The summed E-state index contributed by atoms with van der Waals surface area (Å²) in [5.41, 5.74) is 4.04. The second-order valence-corrected chi connectivity index (χ2v) is 10.1. The number of nitrogens with zero attached hydrogens (tertiary/aromatic N) is 4. The molecule has 0 aliphatic heterocycles. The zero-order chi connectivity index (χ0) is 24.6. The van der Waals surface area contributed by atoms with Gasteiger partial charge in [-0.25, -0.2) is 14.1 Å². The highest BCUT2D eigenvalue weighted by Crippen LogP contribution is 2.44. The molecule has 1 N–H and O–H groups in total. The van der Waals surface area contributed by atoms with Gasteiger partial charge in [0.2, 0.25) is 11.7 Å². The molecule has 8 heteroatoms. The topological polar surface area (TPSA) is 81.3 Å². The monoisotopic (exact) mass is 487 g/mol. The van der Waals surface area contributed by atoms with Gasteiger partial charge in [-0.05, 0) is 42.7 Å². The normalized spacial score (nSPS) is 13.9. The lowest BCUT2D eigenvalue weighted by Crippen LogP contribution is -2.39. The van der Waals surface area contributed by atoms with Gasteiger partial charge in [0.1, 0.15) is 6.54 Å². The van der Waals surface area contributed by atoms with Crippen molar-refractivity contribution in [2.45, 2.75) is 57.1 Å². The van der Waals surface area contributed by atoms with Crippen LogP contribution in [0, 0.1) is 0 Å². The summed E-state index contributed by atoms with van der Waals surface area (Å²) < 4.78 is 3.16. The van der Waals surface area contributed by atoms with E-state index >= 15 is 0 Å². The third-order valence-corrected chi connectivity index (χ3v) is 7.81. The largest absolute Gasteiger partial charge is 0.324 e. The SMILES string of the molecule is CCSc1nn(CC(=O)Nc2ccccc2)c2nc3c(c(=O)n12)C(CC)(CC)Cc1ccccc1-3. The van der Waals surface area contributed by atoms with E-state index in [0.717, 1.165) is 41.8 Å². The van der Waals surface area contributed by atoms with Gasteiger partial charge in [0.25, 0.3) is 5.56 Å². The second kappa shape index (κ2) is 9.34. The molecule has 4 aromatic rings. The van der Waals surface area contributed by atoms with Gasteiger partial charge in [0, 0.05) is 16.7 Å². The lowest BCUT2D eigenvalue weighted by molar-refractivity contribution is -0.116. The second-order valence-electron chi connectivity index (χ2n) is 8.88. The summed E-state index contributed by atoms with van der Waals surface area (Å²) >= 11 is 1.48. The molecule has 180 valence electrons. The van der Waals surface area contributed by atoms with Crippen molar-refractivity contribution in [1.29, 1.82) is 0 Å². The first kappa shape index (κ1) is 23.4. The molecule has 5 rings (SSSR count). The summed E-state index contributed by atoms with van der Waals surface area (Å²) in [7, 11) is 0. The van der Waals surface area contributed by atoms with Crippen LogP contribution in [0.25, 0.3) is 17.0 Å². The summed E-state index contributed by atoms with van der Waals surface area (Å²) in [6.45, 7) is 6.28. The van der Waals surface area contributed by atoms with Crippen molar-refractivity contribution in [1.82, 2.24) is 19.2 Å². The Hall–Kier alpha value is -3.39. The molecule has 1 amide bonds. The number of nitrogens with one attached hydrogen (secondary N) is 1. The Morgan fingerprint density at radius 2 is 1.77 bits per heavy atom. The molecule has 2 aromatic heterocycles. The van der Waals surface area contributed by atoms with Gasteiger partial charge in [-0.1, -0.05) is 75.0 Å². The average Bonchev–Trinajstić information content (AvgIpc) is 3.21. The Kier molecular flexibility index (Phi) is 6.23. The number of thioether (sulfide) groups is 1. The molecule has 0 fully saturated rings. The van der Waals surface area contributed by atoms with Crippen LogP contribution >= 0.6 is 11.8 Å². The molecule has 2 aromatic carbocycles. The van der Waals surface area contributed by atoms with E-state index in [-0.39, 0.29) is 23.4 Å². The zero-order valence-corrected chi connectivity index (χ0v) is 21.1. The Bertz CT molecular complexity index is 1450. The third-order valence-electron chi connectivity index (χ3n) is 7.00. The van der Waals surface area contributed by atoms with Crippen molar-refractivity contribution >= 4 is 29.1 Å². The van der Waals surface area contributed by atoms with Gasteiger partial charge in [0.15, 0.2) is 5.16 Å². The van der Waals surface area contributed by atoms with E-state index in [0.29, 0.717) is 16.6 Å². The Balaban J connectivity index is 1.70. The van der Waals surface area contributed by atoms with E-state index in [1.165, 1.54) is 17.3 Å². The van der Waals surface area contributed by atoms with Crippen molar-refractivity contribution in [3.8, 4) is 11.3 Å². The van der Waals surface area contributed by atoms with E-state index in [4.69, 9.17) is 4.98 Å². The van der Waals surface area contributed by atoms with Crippen LogP contribution < -0.4 is 10.9 Å². The molecule has 0 saturated heterocycles. The number of carbonyl (C=O) groups is 1. The van der Waals surface area contributed by atoms with Gasteiger partial charge in [-0.15, -0.1) is 5.10 Å². The average molecular weight is 488 g/mol. The quantitative estimate of drug-likeness (QED) is 0.374. The van der Waals surface area contributed by atoms with E-state index < -0.39 is 0 Å². The van der Waals surface area contributed by atoms with Crippen LogP contribution in [-0.2, 0) is 23.2 Å². The summed E-state index contributed by atoms with van der Waals surface area (Å²) in [5, 5.41) is 8.13. The van der Waals surface area contributed by atoms with Crippen LogP contribution in [0.2, 0.25) is 0 Å². The smallest absolute Gasteiger partial charge is 0.265 e. The summed E-state index contributed by atoms with van der Waals surface area (Å²) in [4.78, 5) is 32.1. The molecule has 1 aliphatic carbocycles. The van der Waals surface area contributed by atoms with E-state index in [9.17, 15) is 9.59 Å². The molecular weight excluding hydrogens is 458 g/mol. The van der Waals surface area contributed by atoms with Gasteiger partial charge in [-0.3, -0.25) is 9.59 Å². The van der Waals surface area contributed by atoms with Gasteiger partial charge >= 0.3 is 0 Å². The molecule has 0 spiro atoms. The number of carbonyl (C=O) groups excluding carboxylic acids is 1. The number of fused-ring (bicyclic) bond motifs is 4. The van der Waals surface area contributed by atoms with Crippen LogP contribution in [0.15, 0.2) is 64.5 Å². The number of rotatable bonds is 7. The van der Waals surface area contributed by atoms with Crippen LogP contribution in [0.3, 0.4) is 0 Å². The zero-order valence-electron chi connectivity index (χ0n) is 20.2. The first-order valence-corrected chi connectivity index (χ1v) is 13.1. The first-order valence-electron chi connectivity index (χ1n) is 12.1. The first-order chi connectivity index (χ1) is 17.0. The molecule has 0 radical (unpaired) electrons. The fourth-order valence-electron chi connectivity index (χ4n) is 5.12. The molecular formula is C27H29N5O2S. The predicted octanol–water partition coefficient (Wildman–Crippen LogP) is 4.92. The number of hydrogen-bond donors (Lipinski definition) is 1. The lowest BCUT2D eigenvalue weighted by atomic mass is 9.66. The minimum absolute atomic E-state index is 0.0394. The maximum Gasteiger partial charge on any atom is 0.265 e. The molecule has 1 aliphatic rings. The van der Waals surface area contributed by atoms with E-state index in [1.54, 1.807) is 9.08 Å². The summed E-state index contributed by atoms with van der Waals surface area (Å²) in [6.07, 6.45) is 2.51. The van der Waals surface area contributed by atoms with Crippen LogP contribution in [0.5, 0.6) is 0 Å². The third kappa shape index (κ3) is 3.95. The minimum Gasteiger partial charge on any atom is -0.324 e. The molecule has 2 heterocycles. The van der Waals surface area contributed by atoms with Crippen LogP contribution in [-0.4, -0.2) is 30.8 Å². The van der Waals surface area contributed by atoms with Gasteiger partial charge in [0.05, 0.1) is 11.3 Å². The van der Waals surface area contributed by atoms with Crippen molar-refractivity contribution in [2.24, 2.45) is 0 Å². The highest BCUT2D eigenvalue weighted by molar-refractivity contribution is 7.99. The molecule has 0 unspecified atom stereocenters. The maximum atomic E-state index is 14.2. The van der Waals surface area contributed by atoms with E-state index in [1.807, 2.05) is 55.5 Å². The van der Waals surface area contributed by atoms with Crippen molar-refractivity contribution in [3.63, 3.8) is 0 Å². The maximum absolute atomic E-state index is 14.2. The van der Waals surface area contributed by atoms with Crippen molar-refractivity contribution < 1.29 is 4.79 Å². The molecule has 35 heavy (non-hydrogen) atoms. The standard InChI is InChI=1S/C27H29N5O2S/c1-4-27(5-2)16-18-12-10-11-15-20(18)23-22(27)24(34)32-25(29-23)31(30-26(32)35-6-3)17-21(33)28-19-13-8-7-9-14-19/h7-15H,4-6,16-17H2,1-3H3,(H,28,33). The lowest BCUT2D eigenvalue weighted by Gasteiger charge is -2.37. The van der Waals surface area contributed by atoms with Crippen LogP contribution in [0.1, 0.15) is 44.7 Å². The fourth-order valence-corrected chi connectivity index (χ4v) is 5.83. The van der Waals surface area contributed by atoms with Gasteiger partial charge in [-0.2, -0.15) is 0 Å². The van der Waals surface area contributed by atoms with Gasteiger partial charge < -0.3 is 5.32 Å². The number of benzene rings is 2. The highest BCUT2D eigenvalue weighted by atomic mass is 32.2. The Morgan fingerprint density at radius 1 is 1.06 bits per heavy atom. The van der Waals surface area contributed by atoms with Crippen LogP contribution in [0.4, 0.5) is 5.69 Å². The molecule has 7 nitrogen and oxygen atoms in total. The summed E-state index contributed by atoms with van der Waals surface area (Å²) in [6, 6.07) is 17.5. The number of amides is 1. The Labute approximate surface area is 208 Å².